The van der Waals surface area contributed by atoms with Crippen molar-refractivity contribution in [2.24, 2.45) is 0 Å². The van der Waals surface area contributed by atoms with Gasteiger partial charge in [-0.3, -0.25) is 0 Å². The average Bonchev–Trinajstić information content (AvgIpc) is 2.64. The number of rotatable bonds is 7. The minimum absolute atomic E-state index is 0.100. The molecule has 156 valence electrons. The van der Waals surface area contributed by atoms with Gasteiger partial charge in [-0.2, -0.15) is 0 Å². The molecule has 2 fully saturated rings. The van der Waals surface area contributed by atoms with Gasteiger partial charge in [0, 0.05) is 0 Å². The third-order valence-electron chi connectivity index (χ3n) is 4.30. The lowest BCUT2D eigenvalue weighted by Crippen LogP contribution is -2.65. The fourth-order valence-corrected chi connectivity index (χ4v) is 2.84. The Morgan fingerprint density at radius 1 is 0.963 bits per heavy atom. The summed E-state index contributed by atoms with van der Waals surface area (Å²) in [6.45, 7) is 2.59. The molecule has 2 saturated heterocycles. The SMILES string of the molecule is C=CCOC1OC(C(=O)O)C(O)C(OC2OC(CO)C(O)C(O)C2O)C1O. The minimum atomic E-state index is -1.88. The standard InChI is InChI=1S/C15H24O12/c1-2-3-24-14-10(21)11(9(20)12(27-14)13(22)23)26-15-8(19)7(18)6(17)5(4-16)25-15/h2,5-12,14-21H,1,3-4H2,(H,22,23). The first-order valence-corrected chi connectivity index (χ1v) is 8.15. The second kappa shape index (κ2) is 9.34. The van der Waals surface area contributed by atoms with Crippen molar-refractivity contribution in [2.45, 2.75) is 61.4 Å². The van der Waals surface area contributed by atoms with Crippen molar-refractivity contribution in [3.8, 4) is 0 Å². The summed E-state index contributed by atoms with van der Waals surface area (Å²) in [4.78, 5) is 11.3. The van der Waals surface area contributed by atoms with Crippen molar-refractivity contribution < 1.29 is 59.5 Å². The highest BCUT2D eigenvalue weighted by atomic mass is 16.7. The maximum absolute atomic E-state index is 11.3. The normalized spacial score (nSPS) is 45.4. The van der Waals surface area contributed by atoms with Crippen molar-refractivity contribution in [3.63, 3.8) is 0 Å². The molecule has 2 rings (SSSR count). The van der Waals surface area contributed by atoms with Crippen molar-refractivity contribution in [3.05, 3.63) is 12.7 Å². The molecule has 0 aromatic rings. The molecule has 0 amide bonds. The van der Waals surface area contributed by atoms with Gasteiger partial charge in [0.25, 0.3) is 0 Å². The quantitative estimate of drug-likeness (QED) is 0.206. The summed E-state index contributed by atoms with van der Waals surface area (Å²) in [5.41, 5.74) is 0. The van der Waals surface area contributed by atoms with E-state index in [2.05, 4.69) is 6.58 Å². The Bertz CT molecular complexity index is 513. The summed E-state index contributed by atoms with van der Waals surface area (Å²) in [6.07, 6.45) is -15.4. The van der Waals surface area contributed by atoms with Crippen LogP contribution in [0.2, 0.25) is 0 Å². The monoisotopic (exact) mass is 396 g/mol. The number of ether oxygens (including phenoxy) is 4. The van der Waals surface area contributed by atoms with E-state index in [0.717, 1.165) is 0 Å². The van der Waals surface area contributed by atoms with Gasteiger partial charge in [-0.15, -0.1) is 6.58 Å². The molecular weight excluding hydrogens is 372 g/mol. The highest BCUT2D eigenvalue weighted by Crippen LogP contribution is 2.29. The molecule has 2 aliphatic rings. The summed E-state index contributed by atoms with van der Waals surface area (Å²) >= 11 is 0. The Hall–Kier alpha value is -1.19. The number of aliphatic hydroxyl groups excluding tert-OH is 6. The zero-order chi connectivity index (χ0) is 20.3. The van der Waals surface area contributed by atoms with E-state index in [9.17, 15) is 40.5 Å². The van der Waals surface area contributed by atoms with Crippen LogP contribution in [0.15, 0.2) is 12.7 Å². The van der Waals surface area contributed by atoms with E-state index in [1.54, 1.807) is 0 Å². The first kappa shape index (κ1) is 22.1. The average molecular weight is 396 g/mol. The maximum Gasteiger partial charge on any atom is 0.335 e. The lowest BCUT2D eigenvalue weighted by Gasteiger charge is -2.45. The third-order valence-corrected chi connectivity index (χ3v) is 4.30. The Labute approximate surface area is 153 Å². The van der Waals surface area contributed by atoms with E-state index in [0.29, 0.717) is 0 Å². The van der Waals surface area contributed by atoms with E-state index in [1.807, 2.05) is 0 Å². The van der Waals surface area contributed by atoms with Gasteiger partial charge in [0.05, 0.1) is 13.2 Å². The van der Waals surface area contributed by atoms with Gasteiger partial charge < -0.3 is 54.7 Å². The van der Waals surface area contributed by atoms with E-state index in [1.165, 1.54) is 6.08 Å². The summed E-state index contributed by atoms with van der Waals surface area (Å²) in [5, 5.41) is 68.5. The molecule has 0 radical (unpaired) electrons. The molecule has 2 heterocycles. The van der Waals surface area contributed by atoms with Crippen LogP contribution in [0.25, 0.3) is 0 Å². The van der Waals surface area contributed by atoms with Crippen LogP contribution < -0.4 is 0 Å². The third kappa shape index (κ3) is 4.63. The Kier molecular flexibility index (Phi) is 7.64. The van der Waals surface area contributed by atoms with Crippen LogP contribution in [0.1, 0.15) is 0 Å². The van der Waals surface area contributed by atoms with E-state index in [-0.39, 0.29) is 6.61 Å². The van der Waals surface area contributed by atoms with E-state index >= 15 is 0 Å². The van der Waals surface area contributed by atoms with Gasteiger partial charge in [0.1, 0.15) is 42.7 Å². The number of carboxylic acids is 1. The zero-order valence-electron chi connectivity index (χ0n) is 14.1. The van der Waals surface area contributed by atoms with Gasteiger partial charge in [-0.05, 0) is 0 Å². The lowest BCUT2D eigenvalue weighted by atomic mass is 9.97. The van der Waals surface area contributed by atoms with Crippen molar-refractivity contribution in [1.29, 1.82) is 0 Å². The van der Waals surface area contributed by atoms with Gasteiger partial charge in [-0.1, -0.05) is 6.08 Å². The predicted molar refractivity (Wildman–Crippen MR) is 83.1 cm³/mol. The summed E-state index contributed by atoms with van der Waals surface area (Å²) in [6, 6.07) is 0. The maximum atomic E-state index is 11.3. The number of carboxylic acid groups (broad SMARTS) is 1. The van der Waals surface area contributed by atoms with Gasteiger partial charge in [0.2, 0.25) is 0 Å². The summed E-state index contributed by atoms with van der Waals surface area (Å²) < 4.78 is 20.6. The van der Waals surface area contributed by atoms with Crippen molar-refractivity contribution in [1.82, 2.24) is 0 Å². The van der Waals surface area contributed by atoms with Gasteiger partial charge in [-0.25, -0.2) is 4.79 Å². The van der Waals surface area contributed by atoms with E-state index < -0.39 is 74.0 Å². The van der Waals surface area contributed by atoms with Crippen LogP contribution >= 0.6 is 0 Å². The Morgan fingerprint density at radius 3 is 2.19 bits per heavy atom. The molecular formula is C15H24O12. The van der Waals surface area contributed by atoms with E-state index in [4.69, 9.17) is 18.9 Å². The fraction of sp³-hybridized carbons (Fsp3) is 0.800. The van der Waals surface area contributed by atoms with Crippen LogP contribution in [0.5, 0.6) is 0 Å². The summed E-state index contributed by atoms with van der Waals surface area (Å²) in [7, 11) is 0. The molecule has 10 atom stereocenters. The molecule has 10 unspecified atom stereocenters. The van der Waals surface area contributed by atoms with Crippen LogP contribution in [-0.2, 0) is 23.7 Å². The van der Waals surface area contributed by atoms with Crippen LogP contribution in [0, 0.1) is 0 Å². The highest BCUT2D eigenvalue weighted by Gasteiger charge is 2.52. The minimum Gasteiger partial charge on any atom is -0.479 e. The predicted octanol–water partition coefficient (Wildman–Crippen LogP) is -4.09. The van der Waals surface area contributed by atoms with Crippen LogP contribution in [-0.4, -0.2) is 116 Å². The molecule has 7 N–H and O–H groups in total. The van der Waals surface area contributed by atoms with Crippen molar-refractivity contribution in [2.75, 3.05) is 13.2 Å². The van der Waals surface area contributed by atoms with Crippen LogP contribution in [0.3, 0.4) is 0 Å². The molecule has 27 heavy (non-hydrogen) atoms. The number of hydrogen-bond acceptors (Lipinski definition) is 11. The molecule has 0 saturated carbocycles. The lowest BCUT2D eigenvalue weighted by molar-refractivity contribution is -0.355. The number of carbonyl (C=O) groups is 1. The number of aliphatic hydroxyl groups is 6. The molecule has 0 bridgehead atoms. The second-order valence-corrected chi connectivity index (χ2v) is 6.16. The summed E-state index contributed by atoms with van der Waals surface area (Å²) in [5.74, 6) is -1.55. The largest absolute Gasteiger partial charge is 0.479 e. The first-order chi connectivity index (χ1) is 12.7. The molecule has 0 aliphatic carbocycles. The molecule has 0 aromatic heterocycles. The molecule has 12 nitrogen and oxygen atoms in total. The number of hydrogen-bond donors (Lipinski definition) is 7. The molecule has 0 aromatic carbocycles. The van der Waals surface area contributed by atoms with Crippen molar-refractivity contribution >= 4 is 5.97 Å². The topological polar surface area (TPSA) is 196 Å². The Balaban J connectivity index is 2.19. The molecule has 2 aliphatic heterocycles. The first-order valence-electron chi connectivity index (χ1n) is 8.15. The van der Waals surface area contributed by atoms with Gasteiger partial charge in [0.15, 0.2) is 18.7 Å². The second-order valence-electron chi connectivity index (χ2n) is 6.16. The number of aliphatic carboxylic acids is 1. The highest BCUT2D eigenvalue weighted by molar-refractivity contribution is 5.73. The Morgan fingerprint density at radius 2 is 1.63 bits per heavy atom. The fourth-order valence-electron chi connectivity index (χ4n) is 2.84. The zero-order valence-corrected chi connectivity index (χ0v) is 14.1. The molecule has 12 heteroatoms. The van der Waals surface area contributed by atoms with Crippen LogP contribution in [0.4, 0.5) is 0 Å². The smallest absolute Gasteiger partial charge is 0.335 e. The molecule has 0 spiro atoms. The van der Waals surface area contributed by atoms with Gasteiger partial charge >= 0.3 is 5.97 Å².